The van der Waals surface area contributed by atoms with Gasteiger partial charge in [0.05, 0.1) is 59.5 Å². The Labute approximate surface area is 128 Å². The first-order valence-electron chi connectivity index (χ1n) is 7.08. The van der Waals surface area contributed by atoms with Crippen LogP contribution in [0.5, 0.6) is 0 Å². The topological polar surface area (TPSA) is 58.2 Å². The SMILES string of the molecule is CC(C)NCCOCCOCCOCCOCCOS. The van der Waals surface area contributed by atoms with Crippen LogP contribution in [0.2, 0.25) is 0 Å². The molecule has 0 fully saturated rings. The normalized spacial score (nSPS) is 11.4. The van der Waals surface area contributed by atoms with E-state index in [4.69, 9.17) is 18.9 Å². The average Bonchev–Trinajstić information content (AvgIpc) is 2.43. The number of nitrogens with one attached hydrogen (secondary N) is 1. The van der Waals surface area contributed by atoms with E-state index in [2.05, 4.69) is 36.3 Å². The fourth-order valence-corrected chi connectivity index (χ4v) is 1.35. The molecule has 0 saturated carbocycles. The summed E-state index contributed by atoms with van der Waals surface area (Å²) in [6.45, 7) is 10.3. The van der Waals surface area contributed by atoms with Crippen LogP contribution in [0.3, 0.4) is 0 Å². The fourth-order valence-electron chi connectivity index (χ4n) is 1.28. The van der Waals surface area contributed by atoms with Crippen molar-refractivity contribution in [3.05, 3.63) is 0 Å². The van der Waals surface area contributed by atoms with E-state index in [0.717, 1.165) is 6.54 Å². The zero-order valence-electron chi connectivity index (χ0n) is 12.6. The molecule has 0 aliphatic heterocycles. The third kappa shape index (κ3) is 18.1. The van der Waals surface area contributed by atoms with Gasteiger partial charge in [-0.3, -0.25) is 0 Å². The standard InChI is InChI=1S/C13H29NO5S/c1-13(2)14-3-4-15-5-6-16-7-8-17-9-10-18-11-12-19-20/h13-14,20H,3-12H2,1-2H3. The lowest BCUT2D eigenvalue weighted by molar-refractivity contribution is -0.00371. The quantitative estimate of drug-likeness (QED) is 0.251. The van der Waals surface area contributed by atoms with Crippen molar-refractivity contribution >= 4 is 12.9 Å². The minimum Gasteiger partial charge on any atom is -0.378 e. The second-order valence-corrected chi connectivity index (χ2v) is 4.65. The average molecular weight is 311 g/mol. The monoisotopic (exact) mass is 311 g/mol. The summed E-state index contributed by atoms with van der Waals surface area (Å²) < 4.78 is 25.9. The molecule has 0 heterocycles. The number of rotatable bonds is 16. The predicted octanol–water partition coefficient (Wildman–Crippen LogP) is 0.912. The van der Waals surface area contributed by atoms with Crippen LogP contribution in [0.4, 0.5) is 0 Å². The van der Waals surface area contributed by atoms with Crippen molar-refractivity contribution in [2.45, 2.75) is 19.9 Å². The highest BCUT2D eigenvalue weighted by Gasteiger charge is 1.94. The molecule has 0 aromatic carbocycles. The Morgan fingerprint density at radius 3 is 1.50 bits per heavy atom. The van der Waals surface area contributed by atoms with Crippen LogP contribution in [-0.4, -0.2) is 72.0 Å². The molecule has 7 heteroatoms. The van der Waals surface area contributed by atoms with Gasteiger partial charge in [0.15, 0.2) is 0 Å². The van der Waals surface area contributed by atoms with Crippen molar-refractivity contribution in [1.82, 2.24) is 5.32 Å². The molecular formula is C13H29NO5S. The van der Waals surface area contributed by atoms with Gasteiger partial charge in [-0.05, 0) is 12.9 Å². The zero-order chi connectivity index (χ0) is 14.9. The Balaban J connectivity index is 2.92. The summed E-state index contributed by atoms with van der Waals surface area (Å²) in [5.74, 6) is 0. The summed E-state index contributed by atoms with van der Waals surface area (Å²) in [4.78, 5) is 0. The zero-order valence-corrected chi connectivity index (χ0v) is 13.5. The van der Waals surface area contributed by atoms with Crippen molar-refractivity contribution in [2.24, 2.45) is 0 Å². The van der Waals surface area contributed by atoms with Crippen LogP contribution in [0, 0.1) is 0 Å². The summed E-state index contributed by atoms with van der Waals surface area (Å²) in [5, 5.41) is 3.28. The Morgan fingerprint density at radius 1 is 0.700 bits per heavy atom. The molecule has 0 atom stereocenters. The minimum atomic E-state index is 0.485. The third-order valence-corrected chi connectivity index (χ3v) is 2.42. The second-order valence-electron chi connectivity index (χ2n) is 4.39. The molecule has 20 heavy (non-hydrogen) atoms. The van der Waals surface area contributed by atoms with Crippen LogP contribution in [0.1, 0.15) is 13.8 Å². The van der Waals surface area contributed by atoms with Crippen LogP contribution in [0.25, 0.3) is 0 Å². The molecule has 0 aliphatic rings. The Hall–Kier alpha value is 0.110. The van der Waals surface area contributed by atoms with Gasteiger partial charge in [-0.25, -0.2) is 0 Å². The number of ether oxygens (including phenoxy) is 4. The van der Waals surface area contributed by atoms with Gasteiger partial charge < -0.3 is 28.4 Å². The molecule has 0 unspecified atom stereocenters. The molecule has 0 aromatic heterocycles. The molecular weight excluding hydrogens is 282 g/mol. The largest absolute Gasteiger partial charge is 0.378 e. The van der Waals surface area contributed by atoms with Gasteiger partial charge in [-0.1, -0.05) is 13.8 Å². The van der Waals surface area contributed by atoms with Crippen molar-refractivity contribution in [1.29, 1.82) is 0 Å². The molecule has 122 valence electrons. The molecule has 0 radical (unpaired) electrons. The van der Waals surface area contributed by atoms with Crippen LogP contribution < -0.4 is 5.32 Å². The Morgan fingerprint density at radius 2 is 1.10 bits per heavy atom. The summed E-state index contributed by atoms with van der Waals surface area (Å²) in [6, 6.07) is 0.501. The van der Waals surface area contributed by atoms with E-state index in [-0.39, 0.29) is 0 Å². The Bertz CT molecular complexity index is 186. The number of hydrogen-bond acceptors (Lipinski definition) is 7. The number of hydrogen-bond donors (Lipinski definition) is 2. The van der Waals surface area contributed by atoms with Crippen molar-refractivity contribution < 1.29 is 23.1 Å². The van der Waals surface area contributed by atoms with Gasteiger partial charge in [-0.2, -0.15) is 0 Å². The molecule has 0 saturated heterocycles. The molecule has 0 spiro atoms. The Kier molecular flexibility index (Phi) is 17.3. The van der Waals surface area contributed by atoms with Crippen LogP contribution in [-0.2, 0) is 23.1 Å². The number of thiol groups is 1. The highest BCUT2D eigenvalue weighted by molar-refractivity contribution is 7.75. The van der Waals surface area contributed by atoms with Gasteiger partial charge in [0.2, 0.25) is 0 Å². The first kappa shape index (κ1) is 20.1. The third-order valence-electron chi connectivity index (χ3n) is 2.23. The summed E-state index contributed by atoms with van der Waals surface area (Å²) in [7, 11) is 0. The lowest BCUT2D eigenvalue weighted by Gasteiger charge is -2.09. The van der Waals surface area contributed by atoms with E-state index in [0.29, 0.717) is 65.5 Å². The molecule has 0 rings (SSSR count). The van der Waals surface area contributed by atoms with Gasteiger partial charge in [0.1, 0.15) is 0 Å². The lowest BCUT2D eigenvalue weighted by atomic mass is 10.4. The van der Waals surface area contributed by atoms with E-state index in [1.165, 1.54) is 0 Å². The summed E-state index contributed by atoms with van der Waals surface area (Å²) in [5.41, 5.74) is 0. The molecule has 1 N–H and O–H groups in total. The molecule has 6 nitrogen and oxygen atoms in total. The first-order valence-corrected chi connectivity index (χ1v) is 7.44. The van der Waals surface area contributed by atoms with Gasteiger partial charge in [0.25, 0.3) is 0 Å². The molecule has 0 amide bonds. The fraction of sp³-hybridized carbons (Fsp3) is 1.00. The minimum absolute atomic E-state index is 0.485. The van der Waals surface area contributed by atoms with Crippen molar-refractivity contribution in [3.63, 3.8) is 0 Å². The maximum absolute atomic E-state index is 5.40. The van der Waals surface area contributed by atoms with Gasteiger partial charge >= 0.3 is 0 Å². The second kappa shape index (κ2) is 17.2. The lowest BCUT2D eigenvalue weighted by Crippen LogP contribution is -2.27. The van der Waals surface area contributed by atoms with Crippen LogP contribution >= 0.6 is 12.9 Å². The van der Waals surface area contributed by atoms with E-state index < -0.39 is 0 Å². The van der Waals surface area contributed by atoms with Crippen molar-refractivity contribution in [2.75, 3.05) is 66.0 Å². The van der Waals surface area contributed by atoms with E-state index in [1.54, 1.807) is 0 Å². The highest BCUT2D eigenvalue weighted by atomic mass is 32.1. The molecule has 0 aromatic rings. The van der Waals surface area contributed by atoms with Crippen LogP contribution in [0.15, 0.2) is 0 Å². The van der Waals surface area contributed by atoms with Crippen molar-refractivity contribution in [3.8, 4) is 0 Å². The molecule has 0 aliphatic carbocycles. The van der Waals surface area contributed by atoms with E-state index in [1.807, 2.05) is 0 Å². The van der Waals surface area contributed by atoms with E-state index in [9.17, 15) is 0 Å². The summed E-state index contributed by atoms with van der Waals surface area (Å²) >= 11 is 3.61. The van der Waals surface area contributed by atoms with Gasteiger partial charge in [-0.15, -0.1) is 0 Å². The maximum Gasteiger partial charge on any atom is 0.0844 e. The highest BCUT2D eigenvalue weighted by Crippen LogP contribution is 1.84. The smallest absolute Gasteiger partial charge is 0.0844 e. The summed E-state index contributed by atoms with van der Waals surface area (Å²) in [6.07, 6.45) is 0. The maximum atomic E-state index is 5.40. The molecule has 0 bridgehead atoms. The van der Waals surface area contributed by atoms with E-state index >= 15 is 0 Å². The predicted molar refractivity (Wildman–Crippen MR) is 81.4 cm³/mol. The van der Waals surface area contributed by atoms with Gasteiger partial charge in [0, 0.05) is 12.6 Å². The first-order chi connectivity index (χ1) is 9.77.